The summed E-state index contributed by atoms with van der Waals surface area (Å²) >= 11 is 1.52. The number of hydrogen-bond acceptors (Lipinski definition) is 5. The van der Waals surface area contributed by atoms with Gasteiger partial charge in [-0.2, -0.15) is 5.10 Å². The molecule has 1 saturated carbocycles. The molecule has 158 valence electrons. The number of benzene rings is 2. The standard InChI is InChI=1S/C24H24N4O2S/c1-2-16-25-24-27(23(17-31-24)20-10-14-22(15-11-20)28(29)30)26-21-12-8-19(9-13-21)18-6-4-3-5-7-18/h2-7,10-11,14-15,17,19H,1,8-9,12-13,16H2. The van der Waals surface area contributed by atoms with Gasteiger partial charge in [-0.15, -0.1) is 17.9 Å². The van der Waals surface area contributed by atoms with Crippen LogP contribution in [-0.2, 0) is 0 Å². The normalized spacial score (nSPS) is 16.8. The fourth-order valence-corrected chi connectivity index (χ4v) is 4.69. The lowest BCUT2D eigenvalue weighted by Gasteiger charge is -2.23. The summed E-state index contributed by atoms with van der Waals surface area (Å²) in [5.74, 6) is 0.576. The lowest BCUT2D eigenvalue weighted by Crippen LogP contribution is -2.18. The molecule has 3 aromatic rings. The molecule has 1 aromatic heterocycles. The van der Waals surface area contributed by atoms with Crippen molar-refractivity contribution in [3.63, 3.8) is 0 Å². The molecule has 0 amide bonds. The summed E-state index contributed by atoms with van der Waals surface area (Å²) < 4.78 is 1.88. The molecule has 0 aliphatic heterocycles. The Kier molecular flexibility index (Phi) is 6.52. The first-order valence-corrected chi connectivity index (χ1v) is 11.2. The lowest BCUT2D eigenvalue weighted by atomic mass is 9.83. The molecule has 1 aliphatic rings. The van der Waals surface area contributed by atoms with Gasteiger partial charge in [0, 0.05) is 28.8 Å². The maximum Gasteiger partial charge on any atom is 0.269 e. The molecular formula is C24H24N4O2S. The molecule has 0 bridgehead atoms. The van der Waals surface area contributed by atoms with E-state index in [1.165, 1.54) is 29.0 Å². The second-order valence-corrected chi connectivity index (χ2v) is 8.34. The van der Waals surface area contributed by atoms with Gasteiger partial charge in [-0.05, 0) is 49.3 Å². The number of non-ortho nitro benzene ring substituents is 1. The number of hydrogen-bond donors (Lipinski definition) is 0. The summed E-state index contributed by atoms with van der Waals surface area (Å²) in [6, 6.07) is 17.3. The second-order valence-electron chi connectivity index (χ2n) is 7.50. The summed E-state index contributed by atoms with van der Waals surface area (Å²) in [4.78, 5) is 16.0. The summed E-state index contributed by atoms with van der Waals surface area (Å²) in [7, 11) is 0. The highest BCUT2D eigenvalue weighted by atomic mass is 32.1. The van der Waals surface area contributed by atoms with Crippen molar-refractivity contribution in [2.75, 3.05) is 6.54 Å². The molecule has 0 spiro atoms. The van der Waals surface area contributed by atoms with Gasteiger partial charge in [0.05, 0.1) is 17.2 Å². The minimum Gasteiger partial charge on any atom is -0.258 e. The quantitative estimate of drug-likeness (QED) is 0.282. The number of nitro benzene ring substituents is 1. The van der Waals surface area contributed by atoms with Crippen molar-refractivity contribution in [2.24, 2.45) is 10.1 Å². The zero-order valence-corrected chi connectivity index (χ0v) is 18.0. The number of nitrogens with zero attached hydrogens (tertiary/aromatic N) is 4. The highest BCUT2D eigenvalue weighted by Gasteiger charge is 2.20. The van der Waals surface area contributed by atoms with Gasteiger partial charge in [0.25, 0.3) is 5.69 Å². The highest BCUT2D eigenvalue weighted by molar-refractivity contribution is 7.07. The van der Waals surface area contributed by atoms with E-state index in [1.807, 2.05) is 10.1 Å². The fourth-order valence-electron chi connectivity index (χ4n) is 3.85. The van der Waals surface area contributed by atoms with Crippen LogP contribution in [0.1, 0.15) is 37.2 Å². The van der Waals surface area contributed by atoms with Crippen molar-refractivity contribution >= 4 is 22.7 Å². The first-order valence-electron chi connectivity index (χ1n) is 10.3. The lowest BCUT2D eigenvalue weighted by molar-refractivity contribution is -0.384. The smallest absolute Gasteiger partial charge is 0.258 e. The third-order valence-electron chi connectivity index (χ3n) is 5.49. The average Bonchev–Trinajstić information content (AvgIpc) is 3.21. The monoisotopic (exact) mass is 432 g/mol. The number of rotatable bonds is 6. The summed E-state index contributed by atoms with van der Waals surface area (Å²) in [5.41, 5.74) is 4.41. The Hall–Kier alpha value is -3.32. The minimum absolute atomic E-state index is 0.0765. The molecule has 1 aliphatic carbocycles. The number of nitro groups is 1. The average molecular weight is 433 g/mol. The van der Waals surface area contributed by atoms with E-state index in [9.17, 15) is 10.1 Å². The molecule has 0 saturated heterocycles. The Morgan fingerprint density at radius 2 is 1.84 bits per heavy atom. The Morgan fingerprint density at radius 1 is 1.13 bits per heavy atom. The van der Waals surface area contributed by atoms with E-state index in [4.69, 9.17) is 5.10 Å². The van der Waals surface area contributed by atoms with Crippen LogP contribution >= 0.6 is 11.3 Å². The third kappa shape index (κ3) is 4.88. The number of aromatic nitrogens is 1. The summed E-state index contributed by atoms with van der Waals surface area (Å²) in [6.45, 7) is 4.27. The van der Waals surface area contributed by atoms with E-state index in [1.54, 1.807) is 18.2 Å². The van der Waals surface area contributed by atoms with E-state index in [2.05, 4.69) is 41.9 Å². The van der Waals surface area contributed by atoms with Crippen molar-refractivity contribution < 1.29 is 4.92 Å². The van der Waals surface area contributed by atoms with E-state index in [-0.39, 0.29) is 10.6 Å². The summed E-state index contributed by atoms with van der Waals surface area (Å²) in [5, 5.41) is 18.0. The predicted molar refractivity (Wildman–Crippen MR) is 126 cm³/mol. The highest BCUT2D eigenvalue weighted by Crippen LogP contribution is 2.32. The molecule has 6 nitrogen and oxygen atoms in total. The summed E-state index contributed by atoms with van der Waals surface area (Å²) in [6.07, 6.45) is 5.82. The zero-order valence-electron chi connectivity index (χ0n) is 17.2. The van der Waals surface area contributed by atoms with Gasteiger partial charge in [0.15, 0.2) is 0 Å². The van der Waals surface area contributed by atoms with Gasteiger partial charge in [0.1, 0.15) is 0 Å². The van der Waals surface area contributed by atoms with Gasteiger partial charge >= 0.3 is 0 Å². The topological polar surface area (TPSA) is 72.8 Å². The Labute approximate surface area is 185 Å². The van der Waals surface area contributed by atoms with Crippen molar-refractivity contribution in [3.8, 4) is 11.3 Å². The largest absolute Gasteiger partial charge is 0.269 e. The van der Waals surface area contributed by atoms with Gasteiger partial charge in [-0.25, -0.2) is 4.68 Å². The van der Waals surface area contributed by atoms with E-state index >= 15 is 0 Å². The van der Waals surface area contributed by atoms with Crippen LogP contribution in [0, 0.1) is 10.1 Å². The zero-order chi connectivity index (χ0) is 21.6. The molecule has 2 aromatic carbocycles. The van der Waals surface area contributed by atoms with E-state index < -0.39 is 0 Å². The van der Waals surface area contributed by atoms with Crippen molar-refractivity contribution in [1.82, 2.24) is 4.68 Å². The molecule has 31 heavy (non-hydrogen) atoms. The molecule has 0 unspecified atom stereocenters. The van der Waals surface area contributed by atoms with Crippen LogP contribution in [0.5, 0.6) is 0 Å². The third-order valence-corrected chi connectivity index (χ3v) is 6.34. The van der Waals surface area contributed by atoms with Gasteiger partial charge in [-0.3, -0.25) is 15.1 Å². The Morgan fingerprint density at radius 3 is 2.48 bits per heavy atom. The van der Waals surface area contributed by atoms with Gasteiger partial charge < -0.3 is 0 Å². The molecule has 0 radical (unpaired) electrons. The van der Waals surface area contributed by atoms with Crippen molar-refractivity contribution in [2.45, 2.75) is 31.6 Å². The minimum atomic E-state index is -0.387. The van der Waals surface area contributed by atoms with Crippen molar-refractivity contribution in [3.05, 3.63) is 93.1 Å². The van der Waals surface area contributed by atoms with Crippen LogP contribution < -0.4 is 4.80 Å². The van der Waals surface area contributed by atoms with Gasteiger partial charge in [0.2, 0.25) is 4.80 Å². The first-order chi connectivity index (χ1) is 15.2. The molecule has 0 atom stereocenters. The Bertz CT molecular complexity index is 1150. The van der Waals surface area contributed by atoms with Crippen molar-refractivity contribution in [1.29, 1.82) is 0 Å². The molecule has 1 heterocycles. The molecule has 4 rings (SSSR count). The maximum absolute atomic E-state index is 11.0. The van der Waals surface area contributed by atoms with Crippen LogP contribution in [0.3, 0.4) is 0 Å². The van der Waals surface area contributed by atoms with Gasteiger partial charge in [-0.1, -0.05) is 36.4 Å². The SMILES string of the molecule is C=CCN=c1scc(-c2ccc([N+](=O)[O-])cc2)n1N=C1CCC(c2ccccc2)CC1. The van der Waals surface area contributed by atoms with Crippen LogP contribution in [-0.4, -0.2) is 21.9 Å². The van der Waals surface area contributed by atoms with Crippen LogP contribution in [0.25, 0.3) is 11.3 Å². The Balaban J connectivity index is 1.63. The molecule has 0 N–H and O–H groups in total. The molecular weight excluding hydrogens is 408 g/mol. The predicted octanol–water partition coefficient (Wildman–Crippen LogP) is 5.77. The van der Waals surface area contributed by atoms with Crippen LogP contribution in [0.2, 0.25) is 0 Å². The first kappa shape index (κ1) is 20.9. The fraction of sp³-hybridized carbons (Fsp3) is 0.250. The van der Waals surface area contributed by atoms with E-state index in [0.29, 0.717) is 12.5 Å². The van der Waals surface area contributed by atoms with Crippen LogP contribution in [0.15, 0.2) is 82.7 Å². The maximum atomic E-state index is 11.0. The number of thiazole rings is 1. The van der Waals surface area contributed by atoms with Crippen LogP contribution in [0.4, 0.5) is 5.69 Å². The van der Waals surface area contributed by atoms with E-state index in [0.717, 1.165) is 47.5 Å². The molecule has 1 fully saturated rings. The molecule has 7 heteroatoms. The second kappa shape index (κ2) is 9.66.